The van der Waals surface area contributed by atoms with Crippen LogP contribution in [0.3, 0.4) is 0 Å². The van der Waals surface area contributed by atoms with Crippen molar-refractivity contribution in [2.24, 2.45) is 5.92 Å². The summed E-state index contributed by atoms with van der Waals surface area (Å²) in [6.07, 6.45) is 6.22. The van der Waals surface area contributed by atoms with E-state index in [0.29, 0.717) is 71.1 Å². The molecular weight excluding hydrogens is 669 g/mol. The lowest BCUT2D eigenvalue weighted by Crippen LogP contribution is -2.56. The van der Waals surface area contributed by atoms with Crippen molar-refractivity contribution in [2.75, 3.05) is 59.7 Å². The van der Waals surface area contributed by atoms with Crippen LogP contribution >= 0.6 is 22.6 Å². The highest BCUT2D eigenvalue weighted by Crippen LogP contribution is 2.37. The van der Waals surface area contributed by atoms with Crippen molar-refractivity contribution >= 4 is 40.7 Å². The van der Waals surface area contributed by atoms with Crippen molar-refractivity contribution in [3.8, 4) is 11.5 Å². The number of nitrogens with zero attached hydrogens (tertiary/aromatic N) is 2. The van der Waals surface area contributed by atoms with Crippen LogP contribution in [0, 0.1) is 9.49 Å². The molecule has 1 saturated heterocycles. The molecule has 43 heavy (non-hydrogen) atoms. The van der Waals surface area contributed by atoms with Gasteiger partial charge in [0.05, 0.1) is 36.5 Å². The average molecular weight is 714 g/mol. The zero-order valence-electron chi connectivity index (χ0n) is 24.8. The molecule has 1 saturated carbocycles. The number of halogens is 1. The van der Waals surface area contributed by atoms with Crippen molar-refractivity contribution in [1.29, 1.82) is 0 Å². The summed E-state index contributed by atoms with van der Waals surface area (Å²) in [5.41, 5.74) is 0.782. The Kier molecular flexibility index (Phi) is 13.1. The fraction of sp³-hybridized carbons (Fsp3) is 0.645. The van der Waals surface area contributed by atoms with Gasteiger partial charge in [-0.2, -0.15) is 0 Å². The lowest BCUT2D eigenvalue weighted by Gasteiger charge is -2.41. The van der Waals surface area contributed by atoms with E-state index in [0.717, 1.165) is 32.4 Å². The zero-order valence-corrected chi connectivity index (χ0v) is 27.0. The van der Waals surface area contributed by atoms with Gasteiger partial charge < -0.3 is 34.6 Å². The van der Waals surface area contributed by atoms with E-state index in [1.54, 1.807) is 23.1 Å². The number of aliphatic hydroxyl groups is 2. The van der Waals surface area contributed by atoms with E-state index in [2.05, 4.69) is 10.2 Å². The minimum Gasteiger partial charge on any atom is -0.493 e. The van der Waals surface area contributed by atoms with E-state index in [1.807, 2.05) is 22.6 Å². The molecule has 2 fully saturated rings. The molecule has 2 aliphatic carbocycles. The SMILES string of the molecule is COc1cc(C=O)cc(I)c1OC1C=C(C(=O)NCCO)CC(N(CCN2CCOCC2)C(=O)CCC2CCCC2)C1O. The van der Waals surface area contributed by atoms with Gasteiger partial charge in [0, 0.05) is 56.7 Å². The van der Waals surface area contributed by atoms with Gasteiger partial charge >= 0.3 is 0 Å². The number of benzene rings is 1. The summed E-state index contributed by atoms with van der Waals surface area (Å²) < 4.78 is 17.9. The van der Waals surface area contributed by atoms with Crippen LogP contribution in [-0.2, 0) is 14.3 Å². The molecule has 0 radical (unpaired) electrons. The highest BCUT2D eigenvalue weighted by molar-refractivity contribution is 14.1. The third kappa shape index (κ3) is 9.13. The van der Waals surface area contributed by atoms with Gasteiger partial charge in [-0.1, -0.05) is 25.7 Å². The molecule has 1 aromatic carbocycles. The van der Waals surface area contributed by atoms with Crippen LogP contribution < -0.4 is 14.8 Å². The molecule has 1 aromatic rings. The predicted molar refractivity (Wildman–Crippen MR) is 168 cm³/mol. The van der Waals surface area contributed by atoms with Gasteiger partial charge in [0.2, 0.25) is 11.8 Å². The van der Waals surface area contributed by atoms with Gasteiger partial charge in [-0.25, -0.2) is 0 Å². The lowest BCUT2D eigenvalue weighted by atomic mass is 9.87. The maximum Gasteiger partial charge on any atom is 0.247 e. The first-order chi connectivity index (χ1) is 20.8. The highest BCUT2D eigenvalue weighted by atomic mass is 127. The van der Waals surface area contributed by atoms with Gasteiger partial charge in [-0.3, -0.25) is 19.3 Å². The van der Waals surface area contributed by atoms with Gasteiger partial charge in [-0.05, 0) is 53.1 Å². The van der Waals surface area contributed by atoms with Gasteiger partial charge in [-0.15, -0.1) is 0 Å². The van der Waals surface area contributed by atoms with E-state index in [4.69, 9.17) is 14.2 Å². The normalized spacial score (nSPS) is 23.0. The van der Waals surface area contributed by atoms with Gasteiger partial charge in [0.25, 0.3) is 0 Å². The molecule has 12 heteroatoms. The number of hydrogen-bond acceptors (Lipinski definition) is 9. The van der Waals surface area contributed by atoms with Crippen LogP contribution in [0.4, 0.5) is 0 Å². The Morgan fingerprint density at radius 1 is 1.23 bits per heavy atom. The molecule has 0 bridgehead atoms. The van der Waals surface area contributed by atoms with Crippen LogP contribution in [-0.4, -0.2) is 116 Å². The fourth-order valence-corrected chi connectivity index (χ4v) is 6.91. The molecule has 1 aliphatic heterocycles. The summed E-state index contributed by atoms with van der Waals surface area (Å²) in [5, 5.41) is 23.8. The molecule has 3 N–H and O–H groups in total. The van der Waals surface area contributed by atoms with Crippen molar-refractivity contribution in [3.63, 3.8) is 0 Å². The molecule has 238 valence electrons. The minimum atomic E-state index is -1.14. The minimum absolute atomic E-state index is 0.0394. The third-order valence-corrected chi connectivity index (χ3v) is 9.38. The number of methoxy groups -OCH3 is 1. The molecule has 3 atom stereocenters. The number of morpholine rings is 1. The summed E-state index contributed by atoms with van der Waals surface area (Å²) in [5.74, 6) is 0.768. The summed E-state index contributed by atoms with van der Waals surface area (Å²) in [6.45, 7) is 3.71. The number of amides is 2. The second-order valence-electron chi connectivity index (χ2n) is 11.4. The highest BCUT2D eigenvalue weighted by Gasteiger charge is 2.41. The smallest absolute Gasteiger partial charge is 0.247 e. The molecular formula is C31H44IN3O8. The Morgan fingerprint density at radius 2 is 1.98 bits per heavy atom. The monoisotopic (exact) mass is 713 g/mol. The Labute approximate surface area is 267 Å². The zero-order chi connectivity index (χ0) is 30.8. The first kappa shape index (κ1) is 33.6. The molecule has 0 aromatic heterocycles. The van der Waals surface area contributed by atoms with Gasteiger partial charge in [0.15, 0.2) is 11.5 Å². The van der Waals surface area contributed by atoms with Crippen molar-refractivity contribution in [1.82, 2.24) is 15.1 Å². The van der Waals surface area contributed by atoms with E-state index < -0.39 is 18.2 Å². The second kappa shape index (κ2) is 16.7. The standard InChI is InChI=1S/C31H44IN3O8/c1-41-27-17-22(20-37)16-24(32)30(27)43-26-19-23(31(40)33-8-13-36)18-25(29(26)39)35(10-9-34-11-14-42-15-12-34)28(38)7-6-21-4-2-3-5-21/h16-17,19-21,25-26,29,36,39H,2-15,18H2,1H3,(H,33,40). The van der Waals surface area contributed by atoms with E-state index >= 15 is 0 Å². The topological polar surface area (TPSA) is 138 Å². The second-order valence-corrected chi connectivity index (χ2v) is 12.6. The Balaban J connectivity index is 1.62. The average Bonchev–Trinajstić information content (AvgIpc) is 3.55. The Bertz CT molecular complexity index is 1140. The number of hydrogen-bond donors (Lipinski definition) is 3. The van der Waals surface area contributed by atoms with Crippen molar-refractivity contribution < 1.29 is 38.8 Å². The number of nitrogens with one attached hydrogen (secondary N) is 1. The summed E-state index contributed by atoms with van der Waals surface area (Å²) >= 11 is 2.04. The van der Waals surface area contributed by atoms with Crippen LogP contribution in [0.5, 0.6) is 11.5 Å². The van der Waals surface area contributed by atoms with Crippen molar-refractivity contribution in [2.45, 2.75) is 63.2 Å². The molecule has 3 unspecified atom stereocenters. The van der Waals surface area contributed by atoms with E-state index in [9.17, 15) is 24.6 Å². The molecule has 1 heterocycles. The quantitative estimate of drug-likeness (QED) is 0.196. The molecule has 2 amide bonds. The van der Waals surface area contributed by atoms with E-state index in [1.165, 1.54) is 20.0 Å². The lowest BCUT2D eigenvalue weighted by molar-refractivity contribution is -0.139. The largest absolute Gasteiger partial charge is 0.493 e. The molecule has 0 spiro atoms. The summed E-state index contributed by atoms with van der Waals surface area (Å²) in [4.78, 5) is 42.5. The number of rotatable bonds is 14. The third-order valence-electron chi connectivity index (χ3n) is 8.58. The van der Waals surface area contributed by atoms with Crippen LogP contribution in [0.15, 0.2) is 23.8 Å². The maximum atomic E-state index is 13.9. The Morgan fingerprint density at radius 3 is 2.65 bits per heavy atom. The molecule has 3 aliphatic rings. The van der Waals surface area contributed by atoms with Crippen LogP contribution in [0.2, 0.25) is 0 Å². The predicted octanol–water partition coefficient (Wildman–Crippen LogP) is 2.16. The molecule has 11 nitrogen and oxygen atoms in total. The maximum absolute atomic E-state index is 13.9. The first-order valence-corrected chi connectivity index (χ1v) is 16.3. The fourth-order valence-electron chi connectivity index (χ4n) is 6.16. The molecule has 4 rings (SSSR count). The number of carbonyl (C=O) groups excluding carboxylic acids is 3. The number of aldehydes is 1. The number of ether oxygens (including phenoxy) is 3. The van der Waals surface area contributed by atoms with Crippen LogP contribution in [0.1, 0.15) is 55.3 Å². The Hall–Kier alpha value is -2.26. The number of carbonyl (C=O) groups is 3. The summed E-state index contributed by atoms with van der Waals surface area (Å²) in [7, 11) is 1.47. The number of aliphatic hydroxyl groups excluding tert-OH is 2. The van der Waals surface area contributed by atoms with Crippen LogP contribution in [0.25, 0.3) is 0 Å². The first-order valence-electron chi connectivity index (χ1n) is 15.2. The summed E-state index contributed by atoms with van der Waals surface area (Å²) in [6, 6.07) is 2.49. The van der Waals surface area contributed by atoms with Gasteiger partial charge in [0.1, 0.15) is 18.5 Å². The van der Waals surface area contributed by atoms with Crippen molar-refractivity contribution in [3.05, 3.63) is 32.9 Å². The van der Waals surface area contributed by atoms with E-state index in [-0.39, 0.29) is 31.4 Å².